The average molecular weight is 434 g/mol. The third-order valence-electron chi connectivity index (χ3n) is 7.48. The van der Waals surface area contributed by atoms with Crippen LogP contribution in [0.4, 0.5) is 0 Å². The van der Waals surface area contributed by atoms with Gasteiger partial charge in [-0.15, -0.1) is 0 Å². The molecular weight excluding hydrogens is 402 g/mol. The number of aliphatic imine (C=N–C) groups is 1. The number of imidazole rings is 1. The van der Waals surface area contributed by atoms with E-state index in [1.165, 1.54) is 49.9 Å². The molecule has 1 unspecified atom stereocenters. The van der Waals surface area contributed by atoms with Gasteiger partial charge in [0.2, 0.25) is 0 Å². The lowest BCUT2D eigenvalue weighted by molar-refractivity contribution is 0.765. The first-order valence-corrected chi connectivity index (χ1v) is 12.2. The standard InChI is InChI=1S/C30H31N3/c1-17(2)28-14-23(15-31-28)19-5-8-25-22(11-19)13-27-24-9-7-21(12-20(24)6-10-26(25)27)29-16-32-30(33-29)18(3)4/h5-12,16-18,23H,13-15H2,1-4H3,(H,32,33). The van der Waals surface area contributed by atoms with Gasteiger partial charge in [-0.1, -0.05) is 70.2 Å². The zero-order valence-electron chi connectivity index (χ0n) is 19.9. The minimum Gasteiger partial charge on any atom is -0.342 e. The molecular formula is C30H31N3. The maximum Gasteiger partial charge on any atom is 0.109 e. The van der Waals surface area contributed by atoms with Gasteiger partial charge in [0.25, 0.3) is 0 Å². The molecule has 0 saturated carbocycles. The van der Waals surface area contributed by atoms with Crippen LogP contribution in [0.15, 0.2) is 59.7 Å². The van der Waals surface area contributed by atoms with E-state index in [0.717, 1.165) is 30.9 Å². The van der Waals surface area contributed by atoms with Gasteiger partial charge in [-0.3, -0.25) is 4.99 Å². The summed E-state index contributed by atoms with van der Waals surface area (Å²) in [4.78, 5) is 12.9. The maximum atomic E-state index is 4.82. The fraction of sp³-hybridized carbons (Fsp3) is 0.333. The Morgan fingerprint density at radius 1 is 0.909 bits per heavy atom. The van der Waals surface area contributed by atoms with Gasteiger partial charge in [0.15, 0.2) is 0 Å². The predicted octanol–water partition coefficient (Wildman–Crippen LogP) is 7.51. The predicted molar refractivity (Wildman–Crippen MR) is 138 cm³/mol. The van der Waals surface area contributed by atoms with Crippen LogP contribution in [0.5, 0.6) is 0 Å². The number of hydrogen-bond donors (Lipinski definition) is 1. The van der Waals surface area contributed by atoms with E-state index in [9.17, 15) is 0 Å². The van der Waals surface area contributed by atoms with E-state index in [4.69, 9.17) is 4.99 Å². The number of fused-ring (bicyclic) bond motifs is 5. The molecule has 0 fully saturated rings. The van der Waals surface area contributed by atoms with Gasteiger partial charge in [0.1, 0.15) is 5.82 Å². The number of nitrogens with zero attached hydrogens (tertiary/aromatic N) is 2. The quantitative estimate of drug-likeness (QED) is 0.313. The normalized spacial score (nSPS) is 17.2. The van der Waals surface area contributed by atoms with E-state index >= 15 is 0 Å². The lowest BCUT2D eigenvalue weighted by Gasteiger charge is -2.12. The van der Waals surface area contributed by atoms with E-state index in [2.05, 4.69) is 86.2 Å². The zero-order valence-corrected chi connectivity index (χ0v) is 19.9. The molecule has 1 aliphatic heterocycles. The molecule has 2 heterocycles. The molecule has 3 aromatic carbocycles. The Hall–Kier alpha value is -3.20. The second kappa shape index (κ2) is 7.69. The van der Waals surface area contributed by atoms with Gasteiger partial charge in [-0.05, 0) is 63.4 Å². The number of H-pyrrole nitrogens is 1. The van der Waals surface area contributed by atoms with Crippen molar-refractivity contribution in [3.8, 4) is 22.4 Å². The molecule has 0 radical (unpaired) electrons. The van der Waals surface area contributed by atoms with Crippen LogP contribution in [0.1, 0.15) is 68.5 Å². The van der Waals surface area contributed by atoms with Crippen LogP contribution >= 0.6 is 0 Å². The van der Waals surface area contributed by atoms with Gasteiger partial charge in [-0.2, -0.15) is 0 Å². The van der Waals surface area contributed by atoms with E-state index in [-0.39, 0.29) is 0 Å². The summed E-state index contributed by atoms with van der Waals surface area (Å²) in [6.07, 6.45) is 4.08. The van der Waals surface area contributed by atoms with Gasteiger partial charge in [0.05, 0.1) is 11.9 Å². The largest absolute Gasteiger partial charge is 0.342 e. The number of nitrogens with one attached hydrogen (secondary N) is 1. The van der Waals surface area contributed by atoms with Crippen LogP contribution in [-0.4, -0.2) is 22.2 Å². The highest BCUT2D eigenvalue weighted by Crippen LogP contribution is 2.42. The van der Waals surface area contributed by atoms with Crippen LogP contribution in [0.25, 0.3) is 33.2 Å². The Morgan fingerprint density at radius 3 is 2.52 bits per heavy atom. The summed E-state index contributed by atoms with van der Waals surface area (Å²) >= 11 is 0. The highest BCUT2D eigenvalue weighted by molar-refractivity contribution is 5.97. The van der Waals surface area contributed by atoms with Crippen LogP contribution < -0.4 is 0 Å². The van der Waals surface area contributed by atoms with Crippen molar-refractivity contribution in [1.82, 2.24) is 9.97 Å². The first-order chi connectivity index (χ1) is 16.0. The Labute approximate surface area is 196 Å². The molecule has 6 rings (SSSR count). The molecule has 4 aromatic rings. The maximum absolute atomic E-state index is 4.82. The van der Waals surface area contributed by atoms with Crippen molar-refractivity contribution >= 4 is 16.5 Å². The zero-order chi connectivity index (χ0) is 22.7. The topological polar surface area (TPSA) is 41.0 Å². The van der Waals surface area contributed by atoms with Crippen molar-refractivity contribution in [3.05, 3.63) is 77.2 Å². The number of benzene rings is 3. The molecule has 3 nitrogen and oxygen atoms in total. The van der Waals surface area contributed by atoms with E-state index in [1.54, 1.807) is 0 Å². The minimum atomic E-state index is 0.402. The Bertz CT molecular complexity index is 1400. The van der Waals surface area contributed by atoms with E-state index < -0.39 is 0 Å². The number of hydrogen-bond acceptors (Lipinski definition) is 2. The smallest absolute Gasteiger partial charge is 0.109 e. The first-order valence-electron chi connectivity index (χ1n) is 12.2. The lowest BCUT2D eigenvalue weighted by Crippen LogP contribution is -2.06. The van der Waals surface area contributed by atoms with Crippen molar-refractivity contribution in [3.63, 3.8) is 0 Å². The van der Waals surface area contributed by atoms with Crippen molar-refractivity contribution < 1.29 is 0 Å². The van der Waals surface area contributed by atoms with Crippen LogP contribution in [0.3, 0.4) is 0 Å². The molecule has 33 heavy (non-hydrogen) atoms. The summed E-state index contributed by atoms with van der Waals surface area (Å²) < 4.78 is 0. The SMILES string of the molecule is CC(C)C1=NCC(c2ccc3c(c2)Cc2c-3ccc3cc(-c4cnc(C(C)C)[nH]4)ccc23)C1. The highest BCUT2D eigenvalue weighted by atomic mass is 14.9. The van der Waals surface area contributed by atoms with Gasteiger partial charge >= 0.3 is 0 Å². The Kier molecular flexibility index (Phi) is 4.76. The molecule has 3 heteroatoms. The molecule has 0 spiro atoms. The molecule has 0 saturated heterocycles. The third kappa shape index (κ3) is 3.42. The number of aromatic amines is 1. The van der Waals surface area contributed by atoms with Gasteiger partial charge in [0, 0.05) is 29.7 Å². The third-order valence-corrected chi connectivity index (χ3v) is 7.48. The highest BCUT2D eigenvalue weighted by Gasteiger charge is 2.25. The second-order valence-electron chi connectivity index (χ2n) is 10.3. The average Bonchev–Trinajstić information content (AvgIpc) is 3.56. The molecule has 0 bridgehead atoms. The Morgan fingerprint density at radius 2 is 1.76 bits per heavy atom. The Balaban J connectivity index is 1.32. The minimum absolute atomic E-state index is 0.402. The van der Waals surface area contributed by atoms with E-state index in [0.29, 0.717) is 17.8 Å². The number of rotatable bonds is 4. The molecule has 1 N–H and O–H groups in total. The van der Waals surface area contributed by atoms with E-state index in [1.807, 2.05) is 6.20 Å². The summed E-state index contributed by atoms with van der Waals surface area (Å²) in [5.74, 6) is 2.54. The van der Waals surface area contributed by atoms with Crippen LogP contribution in [-0.2, 0) is 6.42 Å². The molecule has 1 aliphatic carbocycles. The van der Waals surface area contributed by atoms with Crippen molar-refractivity contribution in [1.29, 1.82) is 0 Å². The first kappa shape index (κ1) is 20.4. The van der Waals surface area contributed by atoms with Crippen molar-refractivity contribution in [2.24, 2.45) is 10.9 Å². The van der Waals surface area contributed by atoms with Gasteiger partial charge < -0.3 is 4.98 Å². The fourth-order valence-corrected chi connectivity index (χ4v) is 5.50. The van der Waals surface area contributed by atoms with Gasteiger partial charge in [-0.25, -0.2) is 4.98 Å². The molecule has 1 aromatic heterocycles. The summed E-state index contributed by atoms with van der Waals surface area (Å²) in [5, 5.41) is 2.66. The molecule has 0 amide bonds. The summed E-state index contributed by atoms with van der Waals surface area (Å²) in [5.41, 5.74) is 10.8. The second-order valence-corrected chi connectivity index (χ2v) is 10.3. The lowest BCUT2D eigenvalue weighted by atomic mass is 9.91. The summed E-state index contributed by atoms with van der Waals surface area (Å²) in [6.45, 7) is 9.78. The molecule has 1 atom stereocenters. The van der Waals surface area contributed by atoms with Crippen LogP contribution in [0, 0.1) is 5.92 Å². The fourth-order valence-electron chi connectivity index (χ4n) is 5.50. The van der Waals surface area contributed by atoms with Crippen molar-refractivity contribution in [2.75, 3.05) is 6.54 Å². The molecule has 166 valence electrons. The monoisotopic (exact) mass is 433 g/mol. The molecule has 2 aliphatic rings. The summed E-state index contributed by atoms with van der Waals surface area (Å²) in [7, 11) is 0. The summed E-state index contributed by atoms with van der Waals surface area (Å²) in [6, 6.07) is 18.6. The van der Waals surface area contributed by atoms with Crippen LogP contribution in [0.2, 0.25) is 0 Å². The van der Waals surface area contributed by atoms with Crippen molar-refractivity contribution in [2.45, 2.75) is 52.4 Å². The number of aromatic nitrogens is 2.